The van der Waals surface area contributed by atoms with Gasteiger partial charge < -0.3 is 22.1 Å². The summed E-state index contributed by atoms with van der Waals surface area (Å²) in [5.41, 5.74) is 12.2. The van der Waals surface area contributed by atoms with Crippen molar-refractivity contribution in [1.29, 1.82) is 0 Å². The lowest BCUT2D eigenvalue weighted by Gasteiger charge is -2.38. The fourth-order valence-corrected chi connectivity index (χ4v) is 3.67. The molecule has 1 saturated carbocycles. The number of nitrogens with zero attached hydrogens (tertiary/aromatic N) is 3. The zero-order valence-corrected chi connectivity index (χ0v) is 14.8. The van der Waals surface area contributed by atoms with Gasteiger partial charge in [0.2, 0.25) is 5.95 Å². The summed E-state index contributed by atoms with van der Waals surface area (Å²) in [6.07, 6.45) is 3.08. The second kappa shape index (κ2) is 6.50. The van der Waals surface area contributed by atoms with Gasteiger partial charge in [-0.25, -0.2) is 0 Å². The van der Waals surface area contributed by atoms with Crippen LogP contribution in [0.3, 0.4) is 0 Å². The number of thiophene rings is 1. The van der Waals surface area contributed by atoms with Crippen LogP contribution in [-0.2, 0) is 0 Å². The molecular formula is C17H19N7OS. The van der Waals surface area contributed by atoms with Crippen molar-refractivity contribution < 1.29 is 4.79 Å². The lowest BCUT2D eigenvalue weighted by Crippen LogP contribution is -2.52. The minimum Gasteiger partial charge on any atom is -0.364 e. The smallest absolute Gasteiger partial charge is 0.273 e. The number of carbonyl (C=O) groups is 1. The number of nitrogens with two attached hydrogens (primary N) is 2. The summed E-state index contributed by atoms with van der Waals surface area (Å²) in [5, 5.41) is 17.2. The van der Waals surface area contributed by atoms with Gasteiger partial charge in [-0.3, -0.25) is 4.79 Å². The van der Waals surface area contributed by atoms with Crippen molar-refractivity contribution in [2.24, 2.45) is 11.5 Å². The van der Waals surface area contributed by atoms with Crippen LogP contribution in [0.2, 0.25) is 0 Å². The fraction of sp³-hybridized carbons (Fsp3) is 0.294. The highest BCUT2D eigenvalue weighted by atomic mass is 32.1. The molecule has 8 nitrogen and oxygen atoms in total. The third kappa shape index (κ3) is 3.31. The number of hydrogen-bond acceptors (Lipinski definition) is 8. The number of nitrogens with one attached hydrogen (secondary N) is 2. The summed E-state index contributed by atoms with van der Waals surface area (Å²) in [6.45, 7) is 0.560. The topological polar surface area (TPSA) is 132 Å². The average Bonchev–Trinajstić information content (AvgIpc) is 3.06. The summed E-state index contributed by atoms with van der Waals surface area (Å²) >= 11 is 1.67. The number of fused-ring (bicyclic) bond motifs is 1. The molecular weight excluding hydrogens is 350 g/mol. The van der Waals surface area contributed by atoms with Crippen LogP contribution in [0.25, 0.3) is 10.1 Å². The Hall–Kier alpha value is -2.78. The van der Waals surface area contributed by atoms with Crippen molar-refractivity contribution in [2.75, 3.05) is 17.2 Å². The third-order valence-corrected chi connectivity index (χ3v) is 5.48. The van der Waals surface area contributed by atoms with E-state index in [1.165, 1.54) is 4.70 Å². The lowest BCUT2D eigenvalue weighted by atomic mass is 9.78. The van der Waals surface area contributed by atoms with Gasteiger partial charge in [0.1, 0.15) is 0 Å². The molecule has 26 heavy (non-hydrogen) atoms. The Morgan fingerprint density at radius 1 is 1.27 bits per heavy atom. The van der Waals surface area contributed by atoms with Crippen LogP contribution in [0.15, 0.2) is 29.6 Å². The second-order valence-corrected chi connectivity index (χ2v) is 7.51. The number of rotatable bonds is 6. The molecule has 9 heteroatoms. The fourth-order valence-electron chi connectivity index (χ4n) is 2.90. The summed E-state index contributed by atoms with van der Waals surface area (Å²) in [4.78, 5) is 16.0. The van der Waals surface area contributed by atoms with Gasteiger partial charge in [0.05, 0.1) is 0 Å². The Morgan fingerprint density at radius 2 is 2.12 bits per heavy atom. The SMILES string of the molecule is NC(=O)c1nnc(NCC2(N)CCC2)nc1Nc1ccc2sccc2c1. The Bertz CT molecular complexity index is 967. The Morgan fingerprint density at radius 3 is 2.85 bits per heavy atom. The van der Waals surface area contributed by atoms with Crippen LogP contribution >= 0.6 is 11.3 Å². The van der Waals surface area contributed by atoms with Crippen molar-refractivity contribution in [3.8, 4) is 0 Å². The molecule has 4 rings (SSSR count). The maximum absolute atomic E-state index is 11.7. The summed E-state index contributed by atoms with van der Waals surface area (Å²) < 4.78 is 1.18. The van der Waals surface area contributed by atoms with Gasteiger partial charge in [-0.2, -0.15) is 4.98 Å². The number of amides is 1. The van der Waals surface area contributed by atoms with E-state index >= 15 is 0 Å². The first kappa shape index (κ1) is 16.7. The van der Waals surface area contributed by atoms with Crippen molar-refractivity contribution in [1.82, 2.24) is 15.2 Å². The first-order valence-electron chi connectivity index (χ1n) is 8.34. The van der Waals surface area contributed by atoms with E-state index in [9.17, 15) is 4.79 Å². The number of aromatic nitrogens is 3. The van der Waals surface area contributed by atoms with E-state index in [4.69, 9.17) is 11.5 Å². The van der Waals surface area contributed by atoms with Crippen LogP contribution in [0.1, 0.15) is 29.8 Å². The molecule has 0 radical (unpaired) electrons. The quantitative estimate of drug-likeness (QED) is 0.524. The minimum absolute atomic E-state index is 0.00734. The van der Waals surface area contributed by atoms with Crippen molar-refractivity contribution in [3.05, 3.63) is 35.3 Å². The van der Waals surface area contributed by atoms with Gasteiger partial charge in [0, 0.05) is 22.5 Å². The molecule has 2 aromatic heterocycles. The van der Waals surface area contributed by atoms with Gasteiger partial charge >= 0.3 is 0 Å². The number of primary amides is 1. The molecule has 0 aliphatic heterocycles. The predicted octanol–water partition coefficient (Wildman–Crippen LogP) is 2.22. The van der Waals surface area contributed by atoms with E-state index in [1.54, 1.807) is 11.3 Å². The molecule has 0 atom stereocenters. The minimum atomic E-state index is -0.690. The normalized spacial score (nSPS) is 15.4. The maximum atomic E-state index is 11.7. The van der Waals surface area contributed by atoms with Gasteiger partial charge in [0.15, 0.2) is 11.5 Å². The highest BCUT2D eigenvalue weighted by molar-refractivity contribution is 7.17. The molecule has 3 aromatic rings. The van der Waals surface area contributed by atoms with Crippen LogP contribution in [-0.4, -0.2) is 33.2 Å². The lowest BCUT2D eigenvalue weighted by molar-refractivity contribution is 0.0995. The first-order valence-corrected chi connectivity index (χ1v) is 9.22. The predicted molar refractivity (Wildman–Crippen MR) is 103 cm³/mol. The largest absolute Gasteiger partial charge is 0.364 e. The summed E-state index contributed by atoms with van der Waals surface area (Å²) in [5.74, 6) is -0.111. The average molecular weight is 369 g/mol. The van der Waals surface area contributed by atoms with E-state index in [0.717, 1.165) is 30.3 Å². The van der Waals surface area contributed by atoms with Crippen molar-refractivity contribution >= 4 is 44.8 Å². The molecule has 134 valence electrons. The molecule has 1 fully saturated rings. The highest BCUT2D eigenvalue weighted by Gasteiger charge is 2.32. The Balaban J connectivity index is 1.59. The van der Waals surface area contributed by atoms with E-state index in [2.05, 4.69) is 25.8 Å². The number of anilines is 3. The zero-order chi connectivity index (χ0) is 18.1. The molecule has 2 heterocycles. The molecule has 1 aromatic carbocycles. The van der Waals surface area contributed by atoms with Gasteiger partial charge in [-0.1, -0.05) is 0 Å². The van der Waals surface area contributed by atoms with Crippen molar-refractivity contribution in [3.63, 3.8) is 0 Å². The highest BCUT2D eigenvalue weighted by Crippen LogP contribution is 2.29. The number of benzene rings is 1. The Labute approximate surface area is 154 Å². The Kier molecular flexibility index (Phi) is 4.17. The van der Waals surface area contributed by atoms with E-state index in [0.29, 0.717) is 12.5 Å². The molecule has 0 bridgehead atoms. The van der Waals surface area contributed by atoms with Crippen LogP contribution in [0, 0.1) is 0 Å². The monoisotopic (exact) mass is 369 g/mol. The summed E-state index contributed by atoms with van der Waals surface area (Å²) in [6, 6.07) is 7.94. The molecule has 0 unspecified atom stereocenters. The van der Waals surface area contributed by atoms with Crippen LogP contribution in [0.4, 0.5) is 17.5 Å². The van der Waals surface area contributed by atoms with E-state index in [-0.39, 0.29) is 17.1 Å². The van der Waals surface area contributed by atoms with Crippen LogP contribution in [0.5, 0.6) is 0 Å². The third-order valence-electron chi connectivity index (χ3n) is 4.58. The van der Waals surface area contributed by atoms with E-state index < -0.39 is 5.91 Å². The van der Waals surface area contributed by atoms with Gasteiger partial charge in [-0.15, -0.1) is 21.5 Å². The zero-order valence-electron chi connectivity index (χ0n) is 14.0. The second-order valence-electron chi connectivity index (χ2n) is 6.56. The van der Waals surface area contributed by atoms with Gasteiger partial charge in [-0.05, 0) is 54.3 Å². The van der Waals surface area contributed by atoms with Crippen LogP contribution < -0.4 is 22.1 Å². The molecule has 0 saturated heterocycles. The number of hydrogen-bond donors (Lipinski definition) is 4. The standard InChI is InChI=1S/C17H19N7OS/c18-14(25)13-15(21-11-2-3-12-10(8-11)4-7-26-12)22-16(24-23-13)20-9-17(19)5-1-6-17/h2-4,7-8H,1,5-6,9,19H2,(H2,18,25)(H2,20,21,22,24). The maximum Gasteiger partial charge on any atom is 0.273 e. The van der Waals surface area contributed by atoms with E-state index in [1.807, 2.05) is 29.6 Å². The molecule has 6 N–H and O–H groups in total. The first-order chi connectivity index (χ1) is 12.5. The van der Waals surface area contributed by atoms with Gasteiger partial charge in [0.25, 0.3) is 5.91 Å². The van der Waals surface area contributed by atoms with Crippen molar-refractivity contribution in [2.45, 2.75) is 24.8 Å². The number of carbonyl (C=O) groups excluding carboxylic acids is 1. The molecule has 1 aliphatic rings. The molecule has 0 spiro atoms. The molecule has 1 aliphatic carbocycles. The summed E-state index contributed by atoms with van der Waals surface area (Å²) in [7, 11) is 0. The molecule has 1 amide bonds.